The summed E-state index contributed by atoms with van der Waals surface area (Å²) in [5.74, 6) is 0.789. The van der Waals surface area contributed by atoms with Crippen LogP contribution in [-0.4, -0.2) is 6.61 Å². The highest BCUT2D eigenvalue weighted by molar-refractivity contribution is 9.10. The van der Waals surface area contributed by atoms with Crippen LogP contribution in [0.15, 0.2) is 40.9 Å². The zero-order chi connectivity index (χ0) is 14.5. The molecular formula is C16H19BrN2O. The van der Waals surface area contributed by atoms with Gasteiger partial charge in [0.25, 0.3) is 0 Å². The van der Waals surface area contributed by atoms with E-state index in [-0.39, 0.29) is 0 Å². The third-order valence-electron chi connectivity index (χ3n) is 2.81. The summed E-state index contributed by atoms with van der Waals surface area (Å²) in [6.07, 6.45) is 0.973. The number of nitrogens with one attached hydrogen (secondary N) is 1. The summed E-state index contributed by atoms with van der Waals surface area (Å²) in [7, 11) is 0. The molecule has 2 aromatic carbocycles. The molecular weight excluding hydrogens is 316 g/mol. The van der Waals surface area contributed by atoms with Gasteiger partial charge >= 0.3 is 0 Å². The Morgan fingerprint density at radius 3 is 2.70 bits per heavy atom. The summed E-state index contributed by atoms with van der Waals surface area (Å²) in [6, 6.07) is 11.9. The van der Waals surface area contributed by atoms with Gasteiger partial charge in [0, 0.05) is 28.0 Å². The number of anilines is 3. The Balaban J connectivity index is 2.21. The summed E-state index contributed by atoms with van der Waals surface area (Å²) in [5.41, 5.74) is 9.73. The van der Waals surface area contributed by atoms with E-state index in [4.69, 9.17) is 10.5 Å². The molecule has 2 rings (SSSR count). The number of aryl methyl sites for hydroxylation is 1. The van der Waals surface area contributed by atoms with Gasteiger partial charge in [-0.2, -0.15) is 0 Å². The van der Waals surface area contributed by atoms with Crippen molar-refractivity contribution >= 4 is 33.0 Å². The number of halogens is 1. The molecule has 4 heteroatoms. The molecule has 0 bridgehead atoms. The van der Waals surface area contributed by atoms with E-state index < -0.39 is 0 Å². The molecule has 0 amide bonds. The van der Waals surface area contributed by atoms with Gasteiger partial charge in [0.05, 0.1) is 12.3 Å². The average Bonchev–Trinajstić information content (AvgIpc) is 2.39. The van der Waals surface area contributed by atoms with Crippen LogP contribution in [0.3, 0.4) is 0 Å². The SMILES string of the molecule is CCCOc1cc(N)cc(Nc2ccc(C)cc2Br)c1. The molecule has 3 N–H and O–H groups in total. The number of rotatable bonds is 5. The van der Waals surface area contributed by atoms with Crippen LogP contribution in [0.5, 0.6) is 5.75 Å². The molecule has 0 heterocycles. The number of ether oxygens (including phenoxy) is 1. The van der Waals surface area contributed by atoms with Crippen LogP contribution >= 0.6 is 15.9 Å². The summed E-state index contributed by atoms with van der Waals surface area (Å²) < 4.78 is 6.66. The van der Waals surface area contributed by atoms with Crippen LogP contribution in [0.2, 0.25) is 0 Å². The molecule has 0 spiro atoms. The van der Waals surface area contributed by atoms with E-state index in [1.54, 1.807) is 0 Å². The van der Waals surface area contributed by atoms with Crippen molar-refractivity contribution in [1.82, 2.24) is 0 Å². The molecule has 0 saturated heterocycles. The maximum absolute atomic E-state index is 5.92. The highest BCUT2D eigenvalue weighted by Gasteiger charge is 2.04. The molecule has 0 unspecified atom stereocenters. The van der Waals surface area contributed by atoms with Gasteiger partial charge in [0.2, 0.25) is 0 Å². The normalized spacial score (nSPS) is 10.3. The average molecular weight is 335 g/mol. The lowest BCUT2D eigenvalue weighted by molar-refractivity contribution is 0.318. The minimum atomic E-state index is 0.685. The number of benzene rings is 2. The molecule has 0 aromatic heterocycles. The van der Waals surface area contributed by atoms with Gasteiger partial charge in [0.1, 0.15) is 5.75 Å². The van der Waals surface area contributed by atoms with Crippen molar-refractivity contribution < 1.29 is 4.74 Å². The summed E-state index contributed by atoms with van der Waals surface area (Å²) in [4.78, 5) is 0. The first-order valence-corrected chi connectivity index (χ1v) is 7.44. The molecule has 106 valence electrons. The molecule has 0 aliphatic heterocycles. The highest BCUT2D eigenvalue weighted by atomic mass is 79.9. The topological polar surface area (TPSA) is 47.3 Å². The highest BCUT2D eigenvalue weighted by Crippen LogP contribution is 2.30. The van der Waals surface area contributed by atoms with Crippen LogP contribution < -0.4 is 15.8 Å². The van der Waals surface area contributed by atoms with E-state index >= 15 is 0 Å². The maximum Gasteiger partial charge on any atom is 0.123 e. The van der Waals surface area contributed by atoms with Crippen molar-refractivity contribution in [1.29, 1.82) is 0 Å². The standard InChI is InChI=1S/C16H19BrN2O/c1-3-6-20-14-9-12(18)8-13(10-14)19-16-5-4-11(2)7-15(16)17/h4-5,7-10,19H,3,6,18H2,1-2H3. The Kier molecular flexibility index (Phi) is 4.90. The van der Waals surface area contributed by atoms with Crippen LogP contribution in [0, 0.1) is 6.92 Å². The molecule has 2 aromatic rings. The fourth-order valence-electron chi connectivity index (χ4n) is 1.87. The predicted molar refractivity (Wildman–Crippen MR) is 88.8 cm³/mol. The van der Waals surface area contributed by atoms with Crippen LogP contribution in [0.4, 0.5) is 17.1 Å². The Morgan fingerprint density at radius 1 is 1.20 bits per heavy atom. The molecule has 20 heavy (non-hydrogen) atoms. The zero-order valence-corrected chi connectivity index (χ0v) is 13.3. The van der Waals surface area contributed by atoms with Gasteiger partial charge in [0.15, 0.2) is 0 Å². The Labute approximate surface area is 128 Å². The van der Waals surface area contributed by atoms with Crippen molar-refractivity contribution in [3.63, 3.8) is 0 Å². The van der Waals surface area contributed by atoms with Crippen molar-refractivity contribution in [2.24, 2.45) is 0 Å². The summed E-state index contributed by atoms with van der Waals surface area (Å²) in [5, 5.41) is 3.35. The fraction of sp³-hybridized carbons (Fsp3) is 0.250. The number of hydrogen-bond acceptors (Lipinski definition) is 3. The largest absolute Gasteiger partial charge is 0.493 e. The van der Waals surface area contributed by atoms with E-state index in [0.717, 1.165) is 28.0 Å². The summed E-state index contributed by atoms with van der Waals surface area (Å²) >= 11 is 3.56. The lowest BCUT2D eigenvalue weighted by Crippen LogP contribution is -1.98. The second-order valence-corrected chi connectivity index (χ2v) is 5.60. The second-order valence-electron chi connectivity index (χ2n) is 4.75. The van der Waals surface area contributed by atoms with Gasteiger partial charge in [-0.3, -0.25) is 0 Å². The van der Waals surface area contributed by atoms with Crippen molar-refractivity contribution in [2.45, 2.75) is 20.3 Å². The van der Waals surface area contributed by atoms with Gasteiger partial charge in [-0.1, -0.05) is 13.0 Å². The first kappa shape index (κ1) is 14.7. The Bertz CT molecular complexity index is 599. The molecule has 0 saturated carbocycles. The van der Waals surface area contributed by atoms with Crippen molar-refractivity contribution in [3.8, 4) is 5.75 Å². The van der Waals surface area contributed by atoms with Crippen LogP contribution in [-0.2, 0) is 0 Å². The smallest absolute Gasteiger partial charge is 0.123 e. The first-order valence-electron chi connectivity index (χ1n) is 6.65. The van der Waals surface area contributed by atoms with E-state index in [2.05, 4.69) is 47.2 Å². The third kappa shape index (κ3) is 3.90. The van der Waals surface area contributed by atoms with Gasteiger partial charge < -0.3 is 15.8 Å². The number of nitrogen functional groups attached to an aromatic ring is 1. The lowest BCUT2D eigenvalue weighted by Gasteiger charge is -2.12. The third-order valence-corrected chi connectivity index (χ3v) is 3.46. The monoisotopic (exact) mass is 334 g/mol. The van der Waals surface area contributed by atoms with Gasteiger partial charge in [-0.05, 0) is 53.0 Å². The van der Waals surface area contributed by atoms with E-state index in [1.165, 1.54) is 5.56 Å². The molecule has 0 fully saturated rings. The van der Waals surface area contributed by atoms with E-state index in [1.807, 2.05) is 24.3 Å². The van der Waals surface area contributed by atoms with Gasteiger partial charge in [-0.25, -0.2) is 0 Å². The Hall–Kier alpha value is -1.68. The first-order chi connectivity index (χ1) is 9.58. The molecule has 3 nitrogen and oxygen atoms in total. The maximum atomic E-state index is 5.92. The second kappa shape index (κ2) is 6.66. The lowest BCUT2D eigenvalue weighted by atomic mass is 10.2. The van der Waals surface area contributed by atoms with Crippen LogP contribution in [0.25, 0.3) is 0 Å². The number of hydrogen-bond donors (Lipinski definition) is 2. The minimum absolute atomic E-state index is 0.685. The predicted octanol–water partition coefficient (Wildman–Crippen LogP) is 4.87. The van der Waals surface area contributed by atoms with E-state index in [0.29, 0.717) is 12.3 Å². The fourth-order valence-corrected chi connectivity index (χ4v) is 2.47. The van der Waals surface area contributed by atoms with E-state index in [9.17, 15) is 0 Å². The Morgan fingerprint density at radius 2 is 2.00 bits per heavy atom. The van der Waals surface area contributed by atoms with Crippen molar-refractivity contribution in [2.75, 3.05) is 17.7 Å². The quantitative estimate of drug-likeness (QED) is 0.766. The van der Waals surface area contributed by atoms with Crippen LogP contribution in [0.1, 0.15) is 18.9 Å². The minimum Gasteiger partial charge on any atom is -0.493 e. The van der Waals surface area contributed by atoms with Crippen molar-refractivity contribution in [3.05, 3.63) is 46.4 Å². The number of nitrogens with two attached hydrogens (primary N) is 1. The molecule has 0 aliphatic rings. The zero-order valence-electron chi connectivity index (χ0n) is 11.7. The molecule has 0 atom stereocenters. The molecule has 0 aliphatic carbocycles. The van der Waals surface area contributed by atoms with Gasteiger partial charge in [-0.15, -0.1) is 0 Å². The summed E-state index contributed by atoms with van der Waals surface area (Å²) in [6.45, 7) is 4.83. The molecule has 0 radical (unpaired) electrons.